The third-order valence-corrected chi connectivity index (χ3v) is 3.99. The van der Waals surface area contributed by atoms with Crippen molar-refractivity contribution in [2.75, 3.05) is 13.1 Å². The average Bonchev–Trinajstić information content (AvgIpc) is 2.54. The minimum atomic E-state index is 0. The number of nitrogens with two attached hydrogens (primary N) is 1. The fourth-order valence-electron chi connectivity index (χ4n) is 2.65. The molecule has 0 bridgehead atoms. The second-order valence-corrected chi connectivity index (χ2v) is 6.02. The normalized spacial score (nSPS) is 16.3. The number of benzene rings is 1. The Morgan fingerprint density at radius 1 is 1.26 bits per heavy atom. The highest BCUT2D eigenvalue weighted by atomic mass is 35.5. The lowest BCUT2D eigenvalue weighted by Crippen LogP contribution is -2.46. The number of hydrogen-bond donors (Lipinski definition) is 2. The number of rotatable bonds is 5. The summed E-state index contributed by atoms with van der Waals surface area (Å²) in [6, 6.07) is 9.54. The van der Waals surface area contributed by atoms with Crippen molar-refractivity contribution in [1.82, 2.24) is 10.2 Å². The fourth-order valence-corrected chi connectivity index (χ4v) is 2.65. The Bertz CT molecular complexity index is 500. The molecule has 23 heavy (non-hydrogen) atoms. The molecule has 1 fully saturated rings. The van der Waals surface area contributed by atoms with Crippen molar-refractivity contribution in [3.8, 4) is 0 Å². The molecule has 6 heteroatoms. The number of hydrogen-bond acceptors (Lipinski definition) is 3. The number of amides is 2. The smallest absolute Gasteiger partial charge is 0.253 e. The quantitative estimate of drug-likeness (QED) is 0.861. The van der Waals surface area contributed by atoms with Crippen molar-refractivity contribution >= 4 is 24.2 Å². The molecule has 0 radical (unpaired) electrons. The van der Waals surface area contributed by atoms with Gasteiger partial charge in [0.1, 0.15) is 0 Å². The maximum Gasteiger partial charge on any atom is 0.253 e. The summed E-state index contributed by atoms with van der Waals surface area (Å²) in [7, 11) is 0. The van der Waals surface area contributed by atoms with Gasteiger partial charge < -0.3 is 16.0 Å². The molecule has 1 aliphatic heterocycles. The van der Waals surface area contributed by atoms with Crippen molar-refractivity contribution in [3.63, 3.8) is 0 Å². The molecule has 5 nitrogen and oxygen atoms in total. The maximum absolute atomic E-state index is 12.3. The first-order valence-corrected chi connectivity index (χ1v) is 7.95. The Hall–Kier alpha value is -1.59. The van der Waals surface area contributed by atoms with Crippen LogP contribution in [0.4, 0.5) is 0 Å². The molecule has 1 unspecified atom stereocenters. The van der Waals surface area contributed by atoms with Gasteiger partial charge in [-0.15, -0.1) is 12.4 Å². The number of halogens is 1. The van der Waals surface area contributed by atoms with Gasteiger partial charge in [0.05, 0.1) is 0 Å². The summed E-state index contributed by atoms with van der Waals surface area (Å²) in [5, 5.41) is 3.04. The van der Waals surface area contributed by atoms with Gasteiger partial charge >= 0.3 is 0 Å². The van der Waals surface area contributed by atoms with E-state index in [0.29, 0.717) is 25.9 Å². The van der Waals surface area contributed by atoms with E-state index < -0.39 is 0 Å². The summed E-state index contributed by atoms with van der Waals surface area (Å²) in [5.74, 6) is 0.132. The number of likely N-dealkylation sites (tertiary alicyclic amines) is 1. The van der Waals surface area contributed by atoms with E-state index in [0.717, 1.165) is 18.4 Å². The average molecular weight is 340 g/mol. The van der Waals surface area contributed by atoms with Crippen molar-refractivity contribution in [3.05, 3.63) is 35.9 Å². The van der Waals surface area contributed by atoms with Crippen molar-refractivity contribution < 1.29 is 9.59 Å². The SMILES string of the molecule is CC(N)CCC(=O)NC1CCN(C(=O)c2ccccc2)CC1.Cl. The van der Waals surface area contributed by atoms with Gasteiger partial charge in [0.2, 0.25) is 5.91 Å². The predicted octanol–water partition coefficient (Wildman–Crippen LogP) is 1.96. The molecule has 0 aromatic heterocycles. The van der Waals surface area contributed by atoms with Gasteiger partial charge in [-0.05, 0) is 38.3 Å². The van der Waals surface area contributed by atoms with Gasteiger partial charge in [0.15, 0.2) is 0 Å². The van der Waals surface area contributed by atoms with Crippen molar-refractivity contribution in [1.29, 1.82) is 0 Å². The Morgan fingerprint density at radius 2 is 1.87 bits per heavy atom. The fraction of sp³-hybridized carbons (Fsp3) is 0.529. The molecule has 2 amide bonds. The van der Waals surface area contributed by atoms with Crippen LogP contribution >= 0.6 is 12.4 Å². The van der Waals surface area contributed by atoms with E-state index in [2.05, 4.69) is 5.32 Å². The van der Waals surface area contributed by atoms with E-state index in [-0.39, 0.29) is 36.3 Å². The Morgan fingerprint density at radius 3 is 2.43 bits per heavy atom. The second kappa shape index (κ2) is 9.53. The van der Waals surface area contributed by atoms with E-state index in [4.69, 9.17) is 5.73 Å². The molecule has 0 saturated carbocycles. The molecule has 128 valence electrons. The molecule has 3 N–H and O–H groups in total. The summed E-state index contributed by atoms with van der Waals surface area (Å²) in [5.41, 5.74) is 6.38. The Balaban J connectivity index is 0.00000264. The summed E-state index contributed by atoms with van der Waals surface area (Å²) >= 11 is 0. The highest BCUT2D eigenvalue weighted by molar-refractivity contribution is 5.94. The number of nitrogens with one attached hydrogen (secondary N) is 1. The standard InChI is InChI=1S/C17H25N3O2.ClH/c1-13(18)7-8-16(21)19-15-9-11-20(12-10-15)17(22)14-5-3-2-4-6-14;/h2-6,13,15H,7-12,18H2,1H3,(H,19,21);1H. The van der Waals surface area contributed by atoms with E-state index >= 15 is 0 Å². The molecule has 2 rings (SSSR count). The molecule has 1 heterocycles. The third-order valence-electron chi connectivity index (χ3n) is 3.99. The van der Waals surface area contributed by atoms with Crippen LogP contribution in [0.5, 0.6) is 0 Å². The molecular weight excluding hydrogens is 314 g/mol. The number of carbonyl (C=O) groups excluding carboxylic acids is 2. The summed E-state index contributed by atoms with van der Waals surface area (Å²) in [6.07, 6.45) is 2.79. The summed E-state index contributed by atoms with van der Waals surface area (Å²) < 4.78 is 0. The first-order chi connectivity index (χ1) is 10.6. The summed E-state index contributed by atoms with van der Waals surface area (Å²) in [6.45, 7) is 3.28. The minimum Gasteiger partial charge on any atom is -0.353 e. The van der Waals surface area contributed by atoms with Crippen molar-refractivity contribution in [2.45, 2.75) is 44.7 Å². The molecule has 1 saturated heterocycles. The lowest BCUT2D eigenvalue weighted by molar-refractivity contribution is -0.122. The van der Waals surface area contributed by atoms with E-state index in [1.807, 2.05) is 42.2 Å². The first-order valence-electron chi connectivity index (χ1n) is 7.95. The van der Waals surface area contributed by atoms with Crippen LogP contribution in [0.1, 0.15) is 43.0 Å². The minimum absolute atomic E-state index is 0. The van der Waals surface area contributed by atoms with Crippen LogP contribution < -0.4 is 11.1 Å². The van der Waals surface area contributed by atoms with E-state index in [1.165, 1.54) is 0 Å². The second-order valence-electron chi connectivity index (χ2n) is 6.02. The van der Waals surface area contributed by atoms with Gasteiger partial charge in [-0.1, -0.05) is 18.2 Å². The van der Waals surface area contributed by atoms with Gasteiger partial charge in [0.25, 0.3) is 5.91 Å². The molecule has 1 aromatic carbocycles. The Labute approximate surface area is 144 Å². The van der Waals surface area contributed by atoms with Crippen LogP contribution in [-0.2, 0) is 4.79 Å². The summed E-state index contributed by atoms with van der Waals surface area (Å²) in [4.78, 5) is 26.0. The van der Waals surface area contributed by atoms with E-state index in [9.17, 15) is 9.59 Å². The van der Waals surface area contributed by atoms with Crippen LogP contribution in [-0.4, -0.2) is 41.9 Å². The van der Waals surface area contributed by atoms with Crippen molar-refractivity contribution in [2.24, 2.45) is 5.73 Å². The Kier molecular flexibility index (Phi) is 8.06. The number of piperidine rings is 1. The predicted molar refractivity (Wildman–Crippen MR) is 93.6 cm³/mol. The van der Waals surface area contributed by atoms with Gasteiger partial charge in [0, 0.05) is 37.2 Å². The molecular formula is C17H26ClN3O2. The number of nitrogens with zero attached hydrogens (tertiary/aromatic N) is 1. The highest BCUT2D eigenvalue weighted by Crippen LogP contribution is 2.14. The van der Waals surface area contributed by atoms with Gasteiger partial charge in [-0.2, -0.15) is 0 Å². The van der Waals surface area contributed by atoms with Crippen LogP contribution in [0.25, 0.3) is 0 Å². The first kappa shape index (κ1) is 19.5. The highest BCUT2D eigenvalue weighted by Gasteiger charge is 2.24. The van der Waals surface area contributed by atoms with Crippen LogP contribution in [0.3, 0.4) is 0 Å². The van der Waals surface area contributed by atoms with Crippen LogP contribution in [0.2, 0.25) is 0 Å². The van der Waals surface area contributed by atoms with Gasteiger partial charge in [-0.3, -0.25) is 9.59 Å². The zero-order valence-electron chi connectivity index (χ0n) is 13.5. The molecule has 0 spiro atoms. The number of carbonyl (C=O) groups is 2. The van der Waals surface area contributed by atoms with Crippen LogP contribution in [0.15, 0.2) is 30.3 Å². The molecule has 1 aromatic rings. The zero-order chi connectivity index (χ0) is 15.9. The molecule has 0 aliphatic carbocycles. The zero-order valence-corrected chi connectivity index (χ0v) is 14.3. The molecule has 1 aliphatic rings. The topological polar surface area (TPSA) is 75.4 Å². The maximum atomic E-state index is 12.3. The lowest BCUT2D eigenvalue weighted by Gasteiger charge is -2.32. The largest absolute Gasteiger partial charge is 0.353 e. The van der Waals surface area contributed by atoms with Gasteiger partial charge in [-0.25, -0.2) is 0 Å². The lowest BCUT2D eigenvalue weighted by atomic mass is 10.0. The van der Waals surface area contributed by atoms with Crippen LogP contribution in [0, 0.1) is 0 Å². The van der Waals surface area contributed by atoms with E-state index in [1.54, 1.807) is 0 Å². The third kappa shape index (κ3) is 6.20. The molecule has 1 atom stereocenters. The monoisotopic (exact) mass is 339 g/mol.